The first kappa shape index (κ1) is 19.1. The molecule has 0 spiro atoms. The largest absolute Gasteiger partial charge is 0.453 e. The molecule has 126 valence electrons. The number of hydrogen-bond acceptors (Lipinski definition) is 6. The molecule has 1 aliphatic rings. The van der Waals surface area contributed by atoms with E-state index in [1.165, 1.54) is 6.08 Å². The van der Waals surface area contributed by atoms with Gasteiger partial charge in [0.2, 0.25) is 0 Å². The molecule has 0 amide bonds. The fourth-order valence-corrected chi connectivity index (χ4v) is 4.07. The number of hydrogen-bond donors (Lipinski definition) is 0. The van der Waals surface area contributed by atoms with Crippen LogP contribution in [0.5, 0.6) is 0 Å². The number of carbonyl (C=O) groups is 2. The van der Waals surface area contributed by atoms with Crippen LogP contribution >= 0.6 is 7.60 Å². The molecule has 0 saturated carbocycles. The van der Waals surface area contributed by atoms with Crippen molar-refractivity contribution in [3.8, 4) is 0 Å². The average Bonchev–Trinajstić information content (AvgIpc) is 2.33. The summed E-state index contributed by atoms with van der Waals surface area (Å²) in [6.45, 7) is 9.27. The first-order chi connectivity index (χ1) is 10.1. The van der Waals surface area contributed by atoms with Crippen LogP contribution in [0, 0.1) is 5.41 Å². The fourth-order valence-electron chi connectivity index (χ4n) is 2.63. The van der Waals surface area contributed by atoms with E-state index in [0.29, 0.717) is 6.42 Å². The van der Waals surface area contributed by atoms with Gasteiger partial charge in [-0.25, -0.2) is 0 Å². The van der Waals surface area contributed by atoms with Crippen molar-refractivity contribution in [1.82, 2.24) is 0 Å². The Balaban J connectivity index is 2.79. The van der Waals surface area contributed by atoms with Crippen molar-refractivity contribution in [3.05, 3.63) is 11.6 Å². The molecule has 7 heteroatoms. The van der Waals surface area contributed by atoms with Crippen molar-refractivity contribution in [2.75, 3.05) is 19.4 Å². The van der Waals surface area contributed by atoms with Crippen LogP contribution < -0.4 is 0 Å². The molecule has 0 saturated heterocycles. The Labute approximate surface area is 131 Å². The summed E-state index contributed by atoms with van der Waals surface area (Å²) in [7, 11) is -3.52. The van der Waals surface area contributed by atoms with Crippen LogP contribution in [0.1, 0.15) is 41.0 Å². The summed E-state index contributed by atoms with van der Waals surface area (Å²) < 4.78 is 27.7. The molecule has 0 bridgehead atoms. The minimum atomic E-state index is -3.52. The molecule has 1 atom stereocenters. The molecule has 0 aromatic heterocycles. The maximum Gasteiger partial charge on any atom is 0.341 e. The van der Waals surface area contributed by atoms with E-state index in [1.54, 1.807) is 13.8 Å². The molecule has 1 unspecified atom stereocenters. The molecule has 0 aromatic rings. The van der Waals surface area contributed by atoms with Crippen LogP contribution in [0.2, 0.25) is 0 Å². The minimum absolute atomic E-state index is 0.167. The highest BCUT2D eigenvalue weighted by Gasteiger charge is 2.41. The van der Waals surface area contributed by atoms with Gasteiger partial charge in [-0.05, 0) is 33.3 Å². The van der Waals surface area contributed by atoms with Gasteiger partial charge in [-0.2, -0.15) is 0 Å². The molecule has 0 heterocycles. The highest BCUT2D eigenvalue weighted by Crippen LogP contribution is 2.48. The van der Waals surface area contributed by atoms with Crippen LogP contribution in [0.25, 0.3) is 0 Å². The number of rotatable bonds is 7. The summed E-state index contributed by atoms with van der Waals surface area (Å²) in [6, 6.07) is 0. The van der Waals surface area contributed by atoms with Crippen molar-refractivity contribution >= 4 is 19.3 Å². The lowest BCUT2D eigenvalue weighted by atomic mass is 9.74. The number of ether oxygens (including phenoxy) is 1. The highest BCUT2D eigenvalue weighted by atomic mass is 31.2. The average molecular weight is 332 g/mol. The molecule has 0 aliphatic heterocycles. The van der Waals surface area contributed by atoms with Gasteiger partial charge in [0, 0.05) is 5.41 Å². The third-order valence-electron chi connectivity index (χ3n) is 3.31. The van der Waals surface area contributed by atoms with E-state index in [1.807, 2.05) is 20.8 Å². The molecule has 1 rings (SSSR count). The van der Waals surface area contributed by atoms with Gasteiger partial charge in [-0.15, -0.1) is 0 Å². The maximum absolute atomic E-state index is 12.3. The Hall–Kier alpha value is -0.970. The summed E-state index contributed by atoms with van der Waals surface area (Å²) in [5.74, 6) is -0.991. The molecule has 22 heavy (non-hydrogen) atoms. The molecule has 0 aromatic carbocycles. The lowest BCUT2D eigenvalue weighted by Crippen LogP contribution is -2.43. The molecule has 0 radical (unpaired) electrons. The first-order valence-electron chi connectivity index (χ1n) is 7.42. The zero-order valence-corrected chi connectivity index (χ0v) is 14.8. The van der Waals surface area contributed by atoms with E-state index < -0.39 is 31.2 Å². The van der Waals surface area contributed by atoms with E-state index in [2.05, 4.69) is 0 Å². The summed E-state index contributed by atoms with van der Waals surface area (Å²) in [6.07, 6.45) is 0.788. The summed E-state index contributed by atoms with van der Waals surface area (Å²) in [5.41, 5.74) is 0.462. The number of esters is 1. The highest BCUT2D eigenvalue weighted by molar-refractivity contribution is 7.54. The second-order valence-electron chi connectivity index (χ2n) is 6.03. The third kappa shape index (κ3) is 5.04. The fraction of sp³-hybridized carbons (Fsp3) is 0.733. The molecule has 0 N–H and O–H groups in total. The van der Waals surface area contributed by atoms with Crippen LogP contribution in [-0.4, -0.2) is 37.2 Å². The van der Waals surface area contributed by atoms with E-state index in [0.717, 1.165) is 5.57 Å². The van der Waals surface area contributed by atoms with Gasteiger partial charge in [0.1, 0.15) is 6.16 Å². The number of allylic oxidation sites excluding steroid dienone is 1. The predicted octanol–water partition coefficient (Wildman–Crippen LogP) is 3.11. The number of ketones is 1. The lowest BCUT2D eigenvalue weighted by Gasteiger charge is -2.35. The quantitative estimate of drug-likeness (QED) is 0.526. The van der Waals surface area contributed by atoms with Gasteiger partial charge in [0.15, 0.2) is 11.9 Å². The van der Waals surface area contributed by atoms with Crippen LogP contribution in [0.15, 0.2) is 11.6 Å². The van der Waals surface area contributed by atoms with Gasteiger partial charge in [0.05, 0.1) is 13.2 Å². The predicted molar refractivity (Wildman–Crippen MR) is 82.8 cm³/mol. The monoisotopic (exact) mass is 332 g/mol. The van der Waals surface area contributed by atoms with E-state index in [-0.39, 0.29) is 19.0 Å². The van der Waals surface area contributed by atoms with Crippen molar-refractivity contribution in [3.63, 3.8) is 0 Å². The van der Waals surface area contributed by atoms with Gasteiger partial charge in [-0.1, -0.05) is 19.4 Å². The normalized spacial score (nSPS) is 21.4. The molecular formula is C15H25O6P. The van der Waals surface area contributed by atoms with Gasteiger partial charge in [-0.3, -0.25) is 14.2 Å². The standard InChI is InChI=1S/C15H25O6P/c1-6-19-22(18,20-7-2)10-13(17)21-14-12(16)8-11(3)9-15(14,4)5/h8,14H,6-7,9-10H2,1-5H3. The first-order valence-corrected chi connectivity index (χ1v) is 9.15. The molecule has 0 fully saturated rings. The van der Waals surface area contributed by atoms with E-state index >= 15 is 0 Å². The topological polar surface area (TPSA) is 78.9 Å². The van der Waals surface area contributed by atoms with Crippen molar-refractivity contribution in [1.29, 1.82) is 0 Å². The zero-order valence-electron chi connectivity index (χ0n) is 13.9. The maximum atomic E-state index is 12.3. The van der Waals surface area contributed by atoms with Crippen LogP contribution in [-0.2, 0) is 27.9 Å². The summed E-state index contributed by atoms with van der Waals surface area (Å²) >= 11 is 0. The molecule has 6 nitrogen and oxygen atoms in total. The molecule has 1 aliphatic carbocycles. The van der Waals surface area contributed by atoms with E-state index in [9.17, 15) is 14.2 Å². The Bertz CT molecular complexity index is 498. The summed E-state index contributed by atoms with van der Waals surface area (Å²) in [4.78, 5) is 24.2. The number of carbonyl (C=O) groups excluding carboxylic acids is 2. The van der Waals surface area contributed by atoms with Gasteiger partial charge in [0.25, 0.3) is 0 Å². The third-order valence-corrected chi connectivity index (χ3v) is 5.26. The Kier molecular flexibility index (Phi) is 6.53. The van der Waals surface area contributed by atoms with Gasteiger partial charge >= 0.3 is 13.6 Å². The van der Waals surface area contributed by atoms with E-state index in [4.69, 9.17) is 13.8 Å². The SMILES string of the molecule is CCOP(=O)(CC(=O)OC1C(=O)C=C(C)CC1(C)C)OCC. The lowest BCUT2D eigenvalue weighted by molar-refractivity contribution is -0.159. The zero-order chi connectivity index (χ0) is 17.0. The smallest absolute Gasteiger partial charge is 0.341 e. The summed E-state index contributed by atoms with van der Waals surface area (Å²) in [5, 5.41) is 0. The van der Waals surface area contributed by atoms with Crippen molar-refractivity contribution < 1.29 is 27.9 Å². The van der Waals surface area contributed by atoms with Crippen molar-refractivity contribution in [2.24, 2.45) is 5.41 Å². The minimum Gasteiger partial charge on any atom is -0.453 e. The van der Waals surface area contributed by atoms with Crippen LogP contribution in [0.4, 0.5) is 0 Å². The Morgan fingerprint density at radius 3 is 2.32 bits per heavy atom. The Morgan fingerprint density at radius 1 is 1.32 bits per heavy atom. The molecular weight excluding hydrogens is 307 g/mol. The van der Waals surface area contributed by atoms with Gasteiger partial charge < -0.3 is 13.8 Å². The Morgan fingerprint density at radius 2 is 1.86 bits per heavy atom. The van der Waals surface area contributed by atoms with Crippen molar-refractivity contribution in [2.45, 2.75) is 47.1 Å². The second-order valence-corrected chi connectivity index (χ2v) is 8.09. The van der Waals surface area contributed by atoms with Crippen LogP contribution in [0.3, 0.4) is 0 Å². The second kappa shape index (κ2) is 7.53.